The highest BCUT2D eigenvalue weighted by Gasteiger charge is 2.49. The molecule has 2 amide bonds. The number of esters is 1. The minimum absolute atomic E-state index is 0.0224. The summed E-state index contributed by atoms with van der Waals surface area (Å²) in [5.74, 6) is -2.77. The number of alkyl halides is 3. The van der Waals surface area contributed by atoms with Crippen molar-refractivity contribution in [2.24, 2.45) is 0 Å². The van der Waals surface area contributed by atoms with Crippen LogP contribution >= 0.6 is 0 Å². The Balaban J connectivity index is 1.93. The van der Waals surface area contributed by atoms with E-state index in [0.29, 0.717) is 23.4 Å². The summed E-state index contributed by atoms with van der Waals surface area (Å²) in [6, 6.07) is 13.0. The van der Waals surface area contributed by atoms with Gasteiger partial charge in [-0.25, -0.2) is 0 Å². The molecule has 0 unspecified atom stereocenters. The normalized spacial score (nSPS) is 18.7. The lowest BCUT2D eigenvalue weighted by atomic mass is 9.81. The molecule has 7 nitrogen and oxygen atoms in total. The van der Waals surface area contributed by atoms with E-state index in [4.69, 9.17) is 4.74 Å². The Hall–Kier alpha value is -4.39. The summed E-state index contributed by atoms with van der Waals surface area (Å²) in [6.07, 6.45) is -1.64. The first-order chi connectivity index (χ1) is 19.9. The van der Waals surface area contributed by atoms with Gasteiger partial charge in [0.05, 0.1) is 24.2 Å². The van der Waals surface area contributed by atoms with Gasteiger partial charge in [-0.15, -0.1) is 0 Å². The molecule has 220 valence electrons. The van der Waals surface area contributed by atoms with Crippen LogP contribution in [-0.2, 0) is 24.5 Å². The number of allylic oxidation sites excluding steroid dienone is 3. The number of nitrogens with zero attached hydrogens (tertiary/aromatic N) is 3. The average molecular weight is 580 g/mol. The van der Waals surface area contributed by atoms with Gasteiger partial charge in [-0.2, -0.15) is 18.4 Å². The SMILES string of the molecule is CCCCN1C(=O)C(C#N)=C(C(F)(F)F)/C(=C/C=C2/N(CCC(=O)OCC)c3ccc4ccccc4c3C2(C)C)C1=O. The number of carbonyl (C=O) groups excluding carboxylic acids is 3. The van der Waals surface area contributed by atoms with Gasteiger partial charge in [-0.05, 0) is 47.9 Å². The van der Waals surface area contributed by atoms with E-state index in [-0.39, 0.29) is 26.1 Å². The molecule has 2 aromatic carbocycles. The Bertz CT molecular complexity index is 1580. The predicted octanol–water partition coefficient (Wildman–Crippen LogP) is 6.25. The lowest BCUT2D eigenvalue weighted by Gasteiger charge is -2.30. The fourth-order valence-corrected chi connectivity index (χ4v) is 5.67. The number of nitriles is 1. The van der Waals surface area contributed by atoms with E-state index in [0.717, 1.165) is 28.1 Å². The van der Waals surface area contributed by atoms with Crippen LogP contribution in [0.2, 0.25) is 0 Å². The van der Waals surface area contributed by atoms with Crippen LogP contribution < -0.4 is 4.90 Å². The highest BCUT2D eigenvalue weighted by Crippen LogP contribution is 2.51. The van der Waals surface area contributed by atoms with Crippen LogP contribution in [0.3, 0.4) is 0 Å². The van der Waals surface area contributed by atoms with Crippen LogP contribution in [0.15, 0.2) is 71.0 Å². The molecule has 42 heavy (non-hydrogen) atoms. The topological polar surface area (TPSA) is 90.7 Å². The van der Waals surface area contributed by atoms with Crippen molar-refractivity contribution in [1.82, 2.24) is 4.90 Å². The van der Waals surface area contributed by atoms with Gasteiger partial charge in [0.15, 0.2) is 0 Å². The number of ether oxygens (including phenoxy) is 1. The number of benzene rings is 2. The van der Waals surface area contributed by atoms with Gasteiger partial charge >= 0.3 is 12.1 Å². The molecule has 0 aromatic heterocycles. The van der Waals surface area contributed by atoms with E-state index in [1.807, 2.05) is 62.1 Å². The smallest absolute Gasteiger partial charge is 0.418 e. The maximum Gasteiger partial charge on any atom is 0.418 e. The van der Waals surface area contributed by atoms with Crippen LogP contribution in [0.25, 0.3) is 10.8 Å². The largest absolute Gasteiger partial charge is 0.466 e. The molecule has 0 saturated heterocycles. The summed E-state index contributed by atoms with van der Waals surface area (Å²) in [5.41, 5.74) is -1.92. The zero-order chi connectivity index (χ0) is 30.8. The van der Waals surface area contributed by atoms with E-state index in [1.165, 1.54) is 12.1 Å². The molecular formula is C32H32F3N3O4. The average Bonchev–Trinajstić information content (AvgIpc) is 3.16. The number of rotatable bonds is 8. The molecule has 2 aromatic rings. The van der Waals surface area contributed by atoms with Crippen molar-refractivity contribution < 1.29 is 32.3 Å². The molecule has 0 radical (unpaired) electrons. The first-order valence-corrected chi connectivity index (χ1v) is 13.8. The minimum Gasteiger partial charge on any atom is -0.466 e. The van der Waals surface area contributed by atoms with E-state index < -0.39 is 46.1 Å². The second-order valence-electron chi connectivity index (χ2n) is 10.6. The van der Waals surface area contributed by atoms with Crippen LogP contribution in [0.5, 0.6) is 0 Å². The Kier molecular flexibility index (Phi) is 8.62. The Labute approximate surface area is 242 Å². The zero-order valence-electron chi connectivity index (χ0n) is 24.0. The van der Waals surface area contributed by atoms with E-state index in [2.05, 4.69) is 0 Å². The summed E-state index contributed by atoms with van der Waals surface area (Å²) < 4.78 is 48.0. The second kappa shape index (κ2) is 11.8. The third kappa shape index (κ3) is 5.43. The first-order valence-electron chi connectivity index (χ1n) is 13.8. The molecule has 0 N–H and O–H groups in total. The monoisotopic (exact) mass is 579 g/mol. The zero-order valence-corrected chi connectivity index (χ0v) is 24.0. The third-order valence-electron chi connectivity index (χ3n) is 7.59. The lowest BCUT2D eigenvalue weighted by Crippen LogP contribution is -2.45. The molecule has 0 saturated carbocycles. The summed E-state index contributed by atoms with van der Waals surface area (Å²) in [5, 5.41) is 11.5. The van der Waals surface area contributed by atoms with Gasteiger partial charge in [0, 0.05) is 29.9 Å². The number of halogens is 3. The molecular weight excluding hydrogens is 547 g/mol. The number of carbonyl (C=O) groups is 3. The van der Waals surface area contributed by atoms with Gasteiger partial charge in [-0.3, -0.25) is 19.3 Å². The molecule has 2 aliphatic rings. The van der Waals surface area contributed by atoms with Gasteiger partial charge in [0.25, 0.3) is 11.8 Å². The standard InChI is InChI=1S/C32H32F3N3O4/c1-5-7-17-38-29(40)22(27(32(33,34)35)23(19-36)30(38)41)13-15-25-31(3,4)28-21-11-9-8-10-20(21)12-14-24(28)37(25)18-16-26(39)42-6-2/h8-15H,5-7,16-18H2,1-4H3/b22-13-,25-15+. The maximum atomic E-state index is 14.3. The predicted molar refractivity (Wildman–Crippen MR) is 152 cm³/mol. The molecule has 4 rings (SSSR count). The van der Waals surface area contributed by atoms with Crippen molar-refractivity contribution in [1.29, 1.82) is 5.26 Å². The number of fused-ring (bicyclic) bond motifs is 3. The number of hydrogen-bond acceptors (Lipinski definition) is 6. The Morgan fingerprint density at radius 3 is 2.38 bits per heavy atom. The summed E-state index contributed by atoms with van der Waals surface area (Å²) >= 11 is 0. The number of amides is 2. The summed E-state index contributed by atoms with van der Waals surface area (Å²) in [6.45, 7) is 7.66. The molecule has 0 atom stereocenters. The third-order valence-corrected chi connectivity index (χ3v) is 7.59. The second-order valence-corrected chi connectivity index (χ2v) is 10.6. The van der Waals surface area contributed by atoms with Crippen LogP contribution in [-0.4, -0.2) is 48.6 Å². The summed E-state index contributed by atoms with van der Waals surface area (Å²) in [7, 11) is 0. The molecule has 0 aliphatic carbocycles. The molecule has 2 heterocycles. The fourth-order valence-electron chi connectivity index (χ4n) is 5.67. The van der Waals surface area contributed by atoms with E-state index in [1.54, 1.807) is 6.92 Å². The molecule has 2 aliphatic heterocycles. The van der Waals surface area contributed by atoms with Crippen molar-refractivity contribution >= 4 is 34.2 Å². The van der Waals surface area contributed by atoms with Crippen molar-refractivity contribution in [2.75, 3.05) is 24.6 Å². The quantitative estimate of drug-likeness (QED) is 0.209. The maximum absolute atomic E-state index is 14.3. The van der Waals surface area contributed by atoms with Crippen LogP contribution in [0, 0.1) is 11.3 Å². The van der Waals surface area contributed by atoms with Crippen molar-refractivity contribution in [3.63, 3.8) is 0 Å². The van der Waals surface area contributed by atoms with E-state index >= 15 is 0 Å². The van der Waals surface area contributed by atoms with Gasteiger partial charge in [0.1, 0.15) is 11.6 Å². The minimum atomic E-state index is -5.12. The number of imide groups is 1. The highest BCUT2D eigenvalue weighted by atomic mass is 19.4. The van der Waals surface area contributed by atoms with Crippen LogP contribution in [0.4, 0.5) is 18.9 Å². The first kappa shape index (κ1) is 30.6. The van der Waals surface area contributed by atoms with Crippen molar-refractivity contribution in [3.8, 4) is 6.07 Å². The molecule has 10 heteroatoms. The number of anilines is 1. The number of hydrogen-bond donors (Lipinski definition) is 0. The lowest BCUT2D eigenvalue weighted by molar-refractivity contribution is -0.144. The Morgan fingerprint density at radius 1 is 1.02 bits per heavy atom. The van der Waals surface area contributed by atoms with Crippen LogP contribution in [0.1, 0.15) is 52.5 Å². The Morgan fingerprint density at radius 2 is 1.74 bits per heavy atom. The molecule has 0 bridgehead atoms. The fraction of sp³-hybridized carbons (Fsp3) is 0.375. The highest BCUT2D eigenvalue weighted by molar-refractivity contribution is 6.18. The van der Waals surface area contributed by atoms with Gasteiger partial charge in [0.2, 0.25) is 0 Å². The van der Waals surface area contributed by atoms with E-state index in [9.17, 15) is 32.8 Å². The van der Waals surface area contributed by atoms with Crippen molar-refractivity contribution in [2.45, 2.75) is 58.5 Å². The van der Waals surface area contributed by atoms with Gasteiger partial charge < -0.3 is 9.64 Å². The summed E-state index contributed by atoms with van der Waals surface area (Å²) in [4.78, 5) is 41.0. The molecule has 0 fully saturated rings. The number of unbranched alkanes of at least 4 members (excludes halogenated alkanes) is 1. The van der Waals surface area contributed by atoms with Crippen molar-refractivity contribution in [3.05, 3.63) is 76.5 Å². The molecule has 0 spiro atoms. The van der Waals surface area contributed by atoms with Gasteiger partial charge in [-0.1, -0.05) is 57.5 Å².